The summed E-state index contributed by atoms with van der Waals surface area (Å²) >= 11 is 6.17. The Morgan fingerprint density at radius 1 is 1.27 bits per heavy atom. The second-order valence-corrected chi connectivity index (χ2v) is 6.88. The van der Waals surface area contributed by atoms with E-state index in [-0.39, 0.29) is 12.5 Å². The van der Waals surface area contributed by atoms with Gasteiger partial charge in [-0.05, 0) is 61.2 Å². The van der Waals surface area contributed by atoms with Crippen molar-refractivity contribution in [1.82, 2.24) is 4.90 Å². The van der Waals surface area contributed by atoms with Crippen molar-refractivity contribution in [3.63, 3.8) is 0 Å². The quantitative estimate of drug-likeness (QED) is 0.855. The van der Waals surface area contributed by atoms with E-state index in [0.29, 0.717) is 27.5 Å². The van der Waals surface area contributed by atoms with Crippen molar-refractivity contribution in [2.45, 2.75) is 32.5 Å². The minimum atomic E-state index is -0.645. The van der Waals surface area contributed by atoms with Crippen molar-refractivity contribution >= 4 is 17.5 Å². The number of benzene rings is 2. The molecule has 3 rings (SSSR count). The minimum Gasteiger partial charge on any atom is -0.481 e. The molecule has 0 aliphatic carbocycles. The Morgan fingerprint density at radius 2 is 2.00 bits per heavy atom. The molecule has 26 heavy (non-hydrogen) atoms. The van der Waals surface area contributed by atoms with Gasteiger partial charge in [0.15, 0.2) is 6.10 Å². The van der Waals surface area contributed by atoms with E-state index in [1.807, 2.05) is 0 Å². The van der Waals surface area contributed by atoms with Crippen LogP contribution in [0.2, 0.25) is 5.02 Å². The zero-order chi connectivity index (χ0) is 18.7. The van der Waals surface area contributed by atoms with Crippen molar-refractivity contribution in [2.24, 2.45) is 0 Å². The molecule has 1 saturated heterocycles. The van der Waals surface area contributed by atoms with Gasteiger partial charge in [0, 0.05) is 23.7 Å². The minimum absolute atomic E-state index is 0.0579. The maximum absolute atomic E-state index is 14.2. The molecular formula is C20H21ClFNO3. The standard InChI is InChI=1S/C20H21ClFNO3/c1-13(20(25)23-6-2-3-7-23)26-17-10-15(9-16(21)11-17)18-8-14(12-24)4-5-19(18)22/h4-5,8-11,13,24H,2-3,6-7,12H2,1H3. The lowest BCUT2D eigenvalue weighted by atomic mass is 10.0. The van der Waals surface area contributed by atoms with E-state index in [4.69, 9.17) is 16.3 Å². The predicted molar refractivity (Wildman–Crippen MR) is 98.7 cm³/mol. The van der Waals surface area contributed by atoms with Gasteiger partial charge in [0.25, 0.3) is 5.91 Å². The van der Waals surface area contributed by atoms with Gasteiger partial charge in [-0.1, -0.05) is 17.7 Å². The SMILES string of the molecule is CC(Oc1cc(Cl)cc(-c2cc(CO)ccc2F)c1)C(=O)N1CCCC1. The van der Waals surface area contributed by atoms with Crippen molar-refractivity contribution in [3.05, 3.63) is 52.8 Å². The van der Waals surface area contributed by atoms with Gasteiger partial charge in [0.1, 0.15) is 11.6 Å². The number of carbonyl (C=O) groups is 1. The molecule has 0 saturated carbocycles. The number of ether oxygens (including phenoxy) is 1. The topological polar surface area (TPSA) is 49.8 Å². The van der Waals surface area contributed by atoms with Crippen molar-refractivity contribution in [3.8, 4) is 16.9 Å². The number of carbonyl (C=O) groups excluding carboxylic acids is 1. The summed E-state index contributed by atoms with van der Waals surface area (Å²) in [4.78, 5) is 14.2. The Balaban J connectivity index is 1.85. The normalized spacial score (nSPS) is 15.2. The van der Waals surface area contributed by atoms with Crippen LogP contribution in [0.15, 0.2) is 36.4 Å². The highest BCUT2D eigenvalue weighted by atomic mass is 35.5. The zero-order valence-electron chi connectivity index (χ0n) is 14.5. The molecule has 1 fully saturated rings. The van der Waals surface area contributed by atoms with Crippen LogP contribution in [0.25, 0.3) is 11.1 Å². The third-order valence-electron chi connectivity index (χ3n) is 4.47. The van der Waals surface area contributed by atoms with Gasteiger partial charge in [0.05, 0.1) is 6.61 Å². The number of hydrogen-bond donors (Lipinski definition) is 1. The average Bonchev–Trinajstić information content (AvgIpc) is 3.15. The summed E-state index contributed by atoms with van der Waals surface area (Å²) in [6, 6.07) is 9.29. The van der Waals surface area contributed by atoms with Crippen LogP contribution < -0.4 is 4.74 Å². The zero-order valence-corrected chi connectivity index (χ0v) is 15.3. The van der Waals surface area contributed by atoms with Crippen LogP contribution in [0, 0.1) is 5.82 Å². The highest BCUT2D eigenvalue weighted by Crippen LogP contribution is 2.31. The van der Waals surface area contributed by atoms with Crippen molar-refractivity contribution < 1.29 is 19.0 Å². The maximum Gasteiger partial charge on any atom is 0.263 e. The number of likely N-dealkylation sites (tertiary alicyclic amines) is 1. The van der Waals surface area contributed by atoms with E-state index in [2.05, 4.69) is 0 Å². The fraction of sp³-hybridized carbons (Fsp3) is 0.350. The summed E-state index contributed by atoms with van der Waals surface area (Å²) in [5, 5.41) is 9.66. The van der Waals surface area contributed by atoms with E-state index in [1.54, 1.807) is 36.1 Å². The largest absolute Gasteiger partial charge is 0.481 e. The van der Waals surface area contributed by atoms with Crippen LogP contribution in [0.1, 0.15) is 25.3 Å². The summed E-state index contributed by atoms with van der Waals surface area (Å²) < 4.78 is 20.0. The summed E-state index contributed by atoms with van der Waals surface area (Å²) in [5.41, 5.74) is 1.45. The van der Waals surface area contributed by atoms with Crippen LogP contribution in [0.4, 0.5) is 4.39 Å². The van der Waals surface area contributed by atoms with Gasteiger partial charge in [-0.3, -0.25) is 4.79 Å². The number of halogens is 2. The van der Waals surface area contributed by atoms with Crippen LogP contribution in [-0.2, 0) is 11.4 Å². The Bertz CT molecular complexity index is 806. The Morgan fingerprint density at radius 3 is 2.69 bits per heavy atom. The average molecular weight is 378 g/mol. The van der Waals surface area contributed by atoms with Gasteiger partial charge in [0.2, 0.25) is 0 Å². The van der Waals surface area contributed by atoms with Crippen molar-refractivity contribution in [2.75, 3.05) is 13.1 Å². The number of rotatable bonds is 5. The molecule has 138 valence electrons. The summed E-state index contributed by atoms with van der Waals surface area (Å²) in [6.07, 6.45) is 1.38. The van der Waals surface area contributed by atoms with Gasteiger partial charge in [-0.15, -0.1) is 0 Å². The van der Waals surface area contributed by atoms with E-state index >= 15 is 0 Å². The van der Waals surface area contributed by atoms with E-state index in [1.165, 1.54) is 12.1 Å². The molecule has 2 aromatic carbocycles. The highest BCUT2D eigenvalue weighted by Gasteiger charge is 2.24. The molecule has 0 aromatic heterocycles. The third-order valence-corrected chi connectivity index (χ3v) is 4.69. The molecule has 1 unspecified atom stereocenters. The first-order valence-corrected chi connectivity index (χ1v) is 9.01. The van der Waals surface area contributed by atoms with Gasteiger partial charge in [-0.2, -0.15) is 0 Å². The van der Waals surface area contributed by atoms with Crippen LogP contribution >= 0.6 is 11.6 Å². The summed E-state index contributed by atoms with van der Waals surface area (Å²) in [5.74, 6) is -0.0737. The molecule has 2 aromatic rings. The summed E-state index contributed by atoms with van der Waals surface area (Å²) in [6.45, 7) is 3.03. The lowest BCUT2D eigenvalue weighted by Crippen LogP contribution is -2.38. The number of aliphatic hydroxyl groups excluding tert-OH is 1. The van der Waals surface area contributed by atoms with Crippen LogP contribution in [0.5, 0.6) is 5.75 Å². The predicted octanol–water partition coefficient (Wildman–Crippen LogP) is 4.03. The molecule has 1 aliphatic rings. The Hall–Kier alpha value is -2.11. The number of nitrogens with zero attached hydrogens (tertiary/aromatic N) is 1. The third kappa shape index (κ3) is 4.17. The molecule has 6 heteroatoms. The van der Waals surface area contributed by atoms with E-state index in [0.717, 1.165) is 25.9 Å². The monoisotopic (exact) mass is 377 g/mol. The fourth-order valence-electron chi connectivity index (χ4n) is 3.13. The van der Waals surface area contributed by atoms with Gasteiger partial charge < -0.3 is 14.7 Å². The summed E-state index contributed by atoms with van der Waals surface area (Å²) in [7, 11) is 0. The first-order valence-electron chi connectivity index (χ1n) is 8.63. The molecule has 0 spiro atoms. The molecule has 4 nitrogen and oxygen atoms in total. The van der Waals surface area contributed by atoms with Crippen LogP contribution in [-0.4, -0.2) is 35.1 Å². The molecule has 1 N–H and O–H groups in total. The van der Waals surface area contributed by atoms with Gasteiger partial charge >= 0.3 is 0 Å². The fourth-order valence-corrected chi connectivity index (χ4v) is 3.35. The van der Waals surface area contributed by atoms with Crippen molar-refractivity contribution in [1.29, 1.82) is 0 Å². The highest BCUT2D eigenvalue weighted by molar-refractivity contribution is 6.31. The Labute approximate surface area is 157 Å². The molecule has 1 amide bonds. The molecule has 1 aliphatic heterocycles. The molecule has 1 atom stereocenters. The lowest BCUT2D eigenvalue weighted by molar-refractivity contribution is -0.136. The molecule has 0 radical (unpaired) electrons. The Kier molecular flexibility index (Phi) is 5.79. The second kappa shape index (κ2) is 8.06. The van der Waals surface area contributed by atoms with E-state index < -0.39 is 11.9 Å². The maximum atomic E-state index is 14.2. The number of aliphatic hydroxyl groups is 1. The molecular weight excluding hydrogens is 357 g/mol. The van der Waals surface area contributed by atoms with E-state index in [9.17, 15) is 14.3 Å². The first kappa shape index (κ1) is 18.7. The first-order chi connectivity index (χ1) is 12.5. The molecule has 0 bridgehead atoms. The smallest absolute Gasteiger partial charge is 0.263 e. The number of hydrogen-bond acceptors (Lipinski definition) is 3. The van der Waals surface area contributed by atoms with Crippen LogP contribution in [0.3, 0.4) is 0 Å². The number of amides is 1. The van der Waals surface area contributed by atoms with Gasteiger partial charge in [-0.25, -0.2) is 4.39 Å². The molecule has 1 heterocycles. The lowest BCUT2D eigenvalue weighted by Gasteiger charge is -2.21. The second-order valence-electron chi connectivity index (χ2n) is 6.44.